The second kappa shape index (κ2) is 8.14. The summed E-state index contributed by atoms with van der Waals surface area (Å²) >= 11 is 0. The first-order valence-corrected chi connectivity index (χ1v) is 9.81. The molecule has 2 heterocycles. The number of nitrogens with zero attached hydrogens (tertiary/aromatic N) is 2. The van der Waals surface area contributed by atoms with Gasteiger partial charge in [0, 0.05) is 17.1 Å². The molecule has 4 amide bonds. The lowest BCUT2D eigenvalue weighted by atomic mass is 10.1. The summed E-state index contributed by atoms with van der Waals surface area (Å²) in [7, 11) is 1.43. The molecular formula is C24H20FN3O4. The number of carbonyl (C=O) groups is 3. The molecule has 1 aromatic heterocycles. The smallest absolute Gasteiger partial charge is 0.336 e. The van der Waals surface area contributed by atoms with Crippen LogP contribution in [0.2, 0.25) is 0 Å². The molecule has 0 unspecified atom stereocenters. The van der Waals surface area contributed by atoms with Gasteiger partial charge >= 0.3 is 6.03 Å². The van der Waals surface area contributed by atoms with Crippen LogP contribution >= 0.6 is 0 Å². The Morgan fingerprint density at radius 2 is 1.69 bits per heavy atom. The predicted octanol–water partition coefficient (Wildman–Crippen LogP) is 3.91. The van der Waals surface area contributed by atoms with Crippen molar-refractivity contribution in [1.29, 1.82) is 0 Å². The number of hydrogen-bond acceptors (Lipinski definition) is 4. The molecule has 0 aliphatic carbocycles. The second-order valence-corrected chi connectivity index (χ2v) is 7.27. The van der Waals surface area contributed by atoms with Crippen molar-refractivity contribution < 1.29 is 23.5 Å². The molecule has 162 valence electrons. The predicted molar refractivity (Wildman–Crippen MR) is 117 cm³/mol. The first-order valence-electron chi connectivity index (χ1n) is 9.81. The van der Waals surface area contributed by atoms with Gasteiger partial charge < -0.3 is 9.30 Å². The second-order valence-electron chi connectivity index (χ2n) is 7.27. The summed E-state index contributed by atoms with van der Waals surface area (Å²) in [5.41, 5.74) is 3.00. The summed E-state index contributed by atoms with van der Waals surface area (Å²) in [5.74, 6) is -1.56. The number of benzene rings is 2. The van der Waals surface area contributed by atoms with Gasteiger partial charge in [0.1, 0.15) is 17.1 Å². The van der Waals surface area contributed by atoms with Crippen LogP contribution in [0.1, 0.15) is 17.0 Å². The quantitative estimate of drug-likeness (QED) is 0.500. The highest BCUT2D eigenvalue weighted by Crippen LogP contribution is 2.31. The Morgan fingerprint density at radius 1 is 1.00 bits per heavy atom. The van der Waals surface area contributed by atoms with Gasteiger partial charge in [0.05, 0.1) is 12.8 Å². The molecule has 0 bridgehead atoms. The van der Waals surface area contributed by atoms with E-state index >= 15 is 0 Å². The number of hydrogen-bond donors (Lipinski definition) is 1. The van der Waals surface area contributed by atoms with Crippen molar-refractivity contribution in [2.24, 2.45) is 0 Å². The van der Waals surface area contributed by atoms with Gasteiger partial charge in [-0.05, 0) is 68.0 Å². The van der Waals surface area contributed by atoms with Gasteiger partial charge in [-0.15, -0.1) is 0 Å². The Labute approximate surface area is 183 Å². The SMILES string of the molecule is COc1ccccc1N1C(=O)NC(=O)/C(=C\c2cc(C)n(-c3ccc(F)cc3)c2C)C1=O. The lowest BCUT2D eigenvalue weighted by Gasteiger charge is -2.27. The highest BCUT2D eigenvalue weighted by atomic mass is 19.1. The first-order chi connectivity index (χ1) is 15.3. The minimum absolute atomic E-state index is 0.185. The van der Waals surface area contributed by atoms with Crippen molar-refractivity contribution in [2.45, 2.75) is 13.8 Å². The van der Waals surface area contributed by atoms with Crippen molar-refractivity contribution in [3.05, 3.63) is 82.9 Å². The Bertz CT molecular complexity index is 1270. The number of aryl methyl sites for hydroxylation is 1. The summed E-state index contributed by atoms with van der Waals surface area (Å²) < 4.78 is 20.5. The zero-order valence-corrected chi connectivity index (χ0v) is 17.7. The molecule has 1 aliphatic rings. The van der Waals surface area contributed by atoms with Crippen molar-refractivity contribution in [3.63, 3.8) is 0 Å². The lowest BCUT2D eigenvalue weighted by Crippen LogP contribution is -2.54. The summed E-state index contributed by atoms with van der Waals surface area (Å²) in [6.07, 6.45) is 1.45. The van der Waals surface area contributed by atoms with Crippen molar-refractivity contribution in [2.75, 3.05) is 12.0 Å². The highest BCUT2D eigenvalue weighted by Gasteiger charge is 2.38. The summed E-state index contributed by atoms with van der Waals surface area (Å²) in [5, 5.41) is 2.21. The van der Waals surface area contributed by atoms with Crippen LogP contribution in [0.5, 0.6) is 5.75 Å². The van der Waals surface area contributed by atoms with Crippen LogP contribution in [0.4, 0.5) is 14.9 Å². The Kier molecular flexibility index (Phi) is 5.36. The molecule has 0 saturated carbocycles. The number of aromatic nitrogens is 1. The summed E-state index contributed by atoms with van der Waals surface area (Å²) in [4.78, 5) is 39.1. The molecule has 7 nitrogen and oxygen atoms in total. The van der Waals surface area contributed by atoms with E-state index in [1.54, 1.807) is 36.4 Å². The van der Waals surface area contributed by atoms with Gasteiger partial charge in [-0.2, -0.15) is 0 Å². The number of methoxy groups -OCH3 is 1. The first kappa shape index (κ1) is 21.0. The molecule has 8 heteroatoms. The maximum atomic E-state index is 13.3. The Balaban J connectivity index is 1.77. The third-order valence-electron chi connectivity index (χ3n) is 5.28. The molecule has 0 atom stereocenters. The number of urea groups is 1. The van der Waals surface area contributed by atoms with E-state index in [-0.39, 0.29) is 17.1 Å². The number of amides is 4. The van der Waals surface area contributed by atoms with Gasteiger partial charge in [0.25, 0.3) is 11.8 Å². The number of para-hydroxylation sites is 2. The zero-order valence-electron chi connectivity index (χ0n) is 17.7. The normalized spacial score (nSPS) is 15.3. The molecule has 4 rings (SSSR count). The largest absolute Gasteiger partial charge is 0.495 e. The average Bonchev–Trinajstić information content (AvgIpc) is 3.05. The van der Waals surface area contributed by atoms with Crippen LogP contribution in [-0.2, 0) is 9.59 Å². The maximum Gasteiger partial charge on any atom is 0.336 e. The fraction of sp³-hybridized carbons (Fsp3) is 0.125. The van der Waals surface area contributed by atoms with Gasteiger partial charge in [-0.25, -0.2) is 14.1 Å². The van der Waals surface area contributed by atoms with Crippen LogP contribution < -0.4 is 15.0 Å². The monoisotopic (exact) mass is 433 g/mol. The van der Waals surface area contributed by atoms with Gasteiger partial charge in [-0.1, -0.05) is 12.1 Å². The molecule has 3 aromatic rings. The van der Waals surface area contributed by atoms with Crippen LogP contribution in [0.3, 0.4) is 0 Å². The summed E-state index contributed by atoms with van der Waals surface area (Å²) in [6, 6.07) is 13.5. The topological polar surface area (TPSA) is 80.6 Å². The average molecular weight is 433 g/mol. The molecule has 1 fully saturated rings. The van der Waals surface area contributed by atoms with Gasteiger partial charge in [0.15, 0.2) is 0 Å². The minimum Gasteiger partial charge on any atom is -0.495 e. The van der Waals surface area contributed by atoms with Crippen LogP contribution in [0.25, 0.3) is 11.8 Å². The molecule has 1 saturated heterocycles. The zero-order chi connectivity index (χ0) is 23.0. The fourth-order valence-electron chi connectivity index (χ4n) is 3.77. The standard InChI is InChI=1S/C24H20FN3O4/c1-14-12-16(15(2)27(14)18-10-8-17(25)9-11-18)13-19-22(29)26-24(31)28(23(19)30)20-6-4-5-7-21(20)32-3/h4-13H,1-3H3,(H,26,29,31)/b19-13+. The third-order valence-corrected chi connectivity index (χ3v) is 5.28. The van der Waals surface area contributed by atoms with Gasteiger partial charge in [-0.3, -0.25) is 14.9 Å². The number of imide groups is 2. The van der Waals surface area contributed by atoms with Crippen LogP contribution in [0, 0.1) is 19.7 Å². The van der Waals surface area contributed by atoms with Crippen molar-refractivity contribution in [3.8, 4) is 11.4 Å². The van der Waals surface area contributed by atoms with Crippen molar-refractivity contribution in [1.82, 2.24) is 9.88 Å². The van der Waals surface area contributed by atoms with Gasteiger partial charge in [0.2, 0.25) is 0 Å². The number of carbonyl (C=O) groups excluding carboxylic acids is 3. The highest BCUT2D eigenvalue weighted by molar-refractivity contribution is 6.39. The molecular weight excluding hydrogens is 413 g/mol. The lowest BCUT2D eigenvalue weighted by molar-refractivity contribution is -0.122. The Morgan fingerprint density at radius 3 is 2.38 bits per heavy atom. The molecule has 32 heavy (non-hydrogen) atoms. The number of rotatable bonds is 4. The number of nitrogens with one attached hydrogen (secondary N) is 1. The molecule has 0 spiro atoms. The minimum atomic E-state index is -0.849. The number of anilines is 1. The van der Waals surface area contributed by atoms with E-state index in [9.17, 15) is 18.8 Å². The van der Waals surface area contributed by atoms with E-state index in [2.05, 4.69) is 5.32 Å². The van der Waals surface area contributed by atoms with E-state index in [0.29, 0.717) is 11.3 Å². The van der Waals surface area contributed by atoms with E-state index < -0.39 is 17.8 Å². The van der Waals surface area contributed by atoms with E-state index in [1.807, 2.05) is 24.5 Å². The van der Waals surface area contributed by atoms with E-state index in [1.165, 1.54) is 25.3 Å². The van der Waals surface area contributed by atoms with E-state index in [4.69, 9.17) is 4.74 Å². The van der Waals surface area contributed by atoms with Crippen LogP contribution in [0.15, 0.2) is 60.2 Å². The fourth-order valence-corrected chi connectivity index (χ4v) is 3.77. The van der Waals surface area contributed by atoms with Crippen molar-refractivity contribution >= 4 is 29.6 Å². The number of ether oxygens (including phenoxy) is 1. The number of halogens is 1. The number of barbiturate groups is 1. The molecule has 0 radical (unpaired) electrons. The molecule has 2 aromatic carbocycles. The Hall–Kier alpha value is -4.20. The molecule has 1 aliphatic heterocycles. The maximum absolute atomic E-state index is 13.3. The molecule has 1 N–H and O–H groups in total. The van der Waals surface area contributed by atoms with E-state index in [0.717, 1.165) is 22.0 Å². The third kappa shape index (κ3) is 3.56. The summed E-state index contributed by atoms with van der Waals surface area (Å²) in [6.45, 7) is 3.70. The van der Waals surface area contributed by atoms with Crippen LogP contribution in [-0.4, -0.2) is 29.5 Å².